The van der Waals surface area contributed by atoms with Crippen molar-refractivity contribution in [2.45, 2.75) is 26.3 Å². The molecule has 0 aliphatic carbocycles. The highest BCUT2D eigenvalue weighted by Gasteiger charge is 2.25. The van der Waals surface area contributed by atoms with Crippen molar-refractivity contribution < 1.29 is 4.79 Å². The standard InChI is InChI=1S/C30H31N9O/c1-20(17-40)15-37-10-11-38(22(3)16-37)27-7-6-26-29(36-27)30(33-18-31-26)35-25-5-4-24(21(2)12-25)13-23-8-9-39-28(14-23)32-19-34-39/h4-9,12,14,17-19,22H,1,10-11,13,15-16H2,2-3H3,(H,31,33,35)/t22-/m0/s1. The summed E-state index contributed by atoms with van der Waals surface area (Å²) in [5.41, 5.74) is 7.52. The van der Waals surface area contributed by atoms with E-state index >= 15 is 0 Å². The molecule has 0 radical (unpaired) electrons. The Morgan fingerprint density at radius 2 is 2.00 bits per heavy atom. The van der Waals surface area contributed by atoms with Gasteiger partial charge in [-0.1, -0.05) is 12.6 Å². The van der Waals surface area contributed by atoms with Crippen LogP contribution in [0.15, 0.2) is 73.5 Å². The first kappa shape index (κ1) is 25.6. The molecule has 1 saturated heterocycles. The fourth-order valence-corrected chi connectivity index (χ4v) is 5.32. The number of rotatable bonds is 8. The SMILES string of the molecule is C=C(C=O)CN1CCN(c2ccc3ncnc(Nc4ccc(Cc5ccn6ncnc6c5)c(C)c4)c3n2)[C@@H](C)C1. The number of aldehydes is 1. The van der Waals surface area contributed by atoms with E-state index < -0.39 is 0 Å². The predicted octanol–water partition coefficient (Wildman–Crippen LogP) is 3.98. The van der Waals surface area contributed by atoms with E-state index in [1.807, 2.05) is 18.3 Å². The Hall–Kier alpha value is -4.70. The van der Waals surface area contributed by atoms with Crippen LogP contribution in [0.5, 0.6) is 0 Å². The molecule has 0 unspecified atom stereocenters. The third-order valence-corrected chi connectivity index (χ3v) is 7.41. The lowest BCUT2D eigenvalue weighted by atomic mass is 10.0. The molecule has 0 amide bonds. The average Bonchev–Trinajstić information content (AvgIpc) is 3.43. The fourth-order valence-electron chi connectivity index (χ4n) is 5.32. The molecule has 40 heavy (non-hydrogen) atoms. The number of aromatic nitrogens is 6. The number of fused-ring (bicyclic) bond motifs is 2. The number of benzene rings is 1. The Kier molecular flexibility index (Phi) is 6.91. The number of nitrogens with one attached hydrogen (secondary N) is 1. The first-order chi connectivity index (χ1) is 19.5. The van der Waals surface area contributed by atoms with Gasteiger partial charge in [0.15, 0.2) is 11.5 Å². The van der Waals surface area contributed by atoms with Crippen LogP contribution in [0.1, 0.15) is 23.6 Å². The molecule has 1 aliphatic rings. The van der Waals surface area contributed by atoms with Crippen LogP contribution in [-0.4, -0.2) is 73.0 Å². The minimum Gasteiger partial charge on any atom is -0.351 e. The Labute approximate surface area is 232 Å². The lowest BCUT2D eigenvalue weighted by molar-refractivity contribution is -0.105. The van der Waals surface area contributed by atoms with Crippen LogP contribution in [0.4, 0.5) is 17.3 Å². The minimum absolute atomic E-state index is 0.236. The monoisotopic (exact) mass is 533 g/mol. The van der Waals surface area contributed by atoms with Gasteiger partial charge in [0.2, 0.25) is 0 Å². The number of carbonyl (C=O) groups excluding carboxylic acids is 1. The normalized spacial score (nSPS) is 15.9. The molecule has 1 fully saturated rings. The summed E-state index contributed by atoms with van der Waals surface area (Å²) in [5.74, 6) is 1.56. The van der Waals surface area contributed by atoms with E-state index in [1.165, 1.54) is 16.7 Å². The van der Waals surface area contributed by atoms with Crippen LogP contribution < -0.4 is 10.2 Å². The quantitative estimate of drug-likeness (QED) is 0.234. The lowest BCUT2D eigenvalue weighted by Gasteiger charge is -2.40. The maximum atomic E-state index is 11.0. The second-order valence-electron chi connectivity index (χ2n) is 10.4. The van der Waals surface area contributed by atoms with Gasteiger partial charge in [-0.3, -0.25) is 9.69 Å². The smallest absolute Gasteiger partial charge is 0.160 e. The summed E-state index contributed by atoms with van der Waals surface area (Å²) in [4.78, 5) is 33.8. The van der Waals surface area contributed by atoms with Gasteiger partial charge in [0, 0.05) is 44.1 Å². The van der Waals surface area contributed by atoms with Crippen LogP contribution in [-0.2, 0) is 11.2 Å². The number of nitrogens with zero attached hydrogens (tertiary/aromatic N) is 8. The van der Waals surface area contributed by atoms with Crippen molar-refractivity contribution in [1.29, 1.82) is 0 Å². The summed E-state index contributed by atoms with van der Waals surface area (Å²) in [6.07, 6.45) is 6.72. The number of hydrogen-bond acceptors (Lipinski definition) is 9. The van der Waals surface area contributed by atoms with Crippen molar-refractivity contribution in [1.82, 2.24) is 34.4 Å². The molecule has 1 atom stereocenters. The molecule has 202 valence electrons. The molecule has 10 nitrogen and oxygen atoms in total. The van der Waals surface area contributed by atoms with Crippen LogP contribution in [0.2, 0.25) is 0 Å². The highest BCUT2D eigenvalue weighted by Crippen LogP contribution is 2.27. The van der Waals surface area contributed by atoms with Crippen LogP contribution >= 0.6 is 0 Å². The van der Waals surface area contributed by atoms with Gasteiger partial charge >= 0.3 is 0 Å². The first-order valence-electron chi connectivity index (χ1n) is 13.4. The summed E-state index contributed by atoms with van der Waals surface area (Å²) >= 11 is 0. The molecule has 4 aromatic heterocycles. The Balaban J connectivity index is 1.20. The first-order valence-corrected chi connectivity index (χ1v) is 13.4. The Bertz CT molecular complexity index is 1710. The van der Waals surface area contributed by atoms with Crippen molar-refractivity contribution >= 4 is 40.3 Å². The molecule has 0 spiro atoms. The molecule has 5 heterocycles. The van der Waals surface area contributed by atoms with Gasteiger partial charge in [-0.2, -0.15) is 5.10 Å². The molecule has 10 heteroatoms. The van der Waals surface area contributed by atoms with Crippen molar-refractivity contribution in [2.75, 3.05) is 36.4 Å². The molecule has 0 bridgehead atoms. The topological polar surface area (TPSA) is 104 Å². The van der Waals surface area contributed by atoms with Gasteiger partial charge < -0.3 is 10.2 Å². The van der Waals surface area contributed by atoms with E-state index in [4.69, 9.17) is 4.98 Å². The molecule has 1 aliphatic heterocycles. The second kappa shape index (κ2) is 10.8. The van der Waals surface area contributed by atoms with E-state index in [0.717, 1.165) is 60.5 Å². The zero-order valence-electron chi connectivity index (χ0n) is 22.7. The minimum atomic E-state index is 0.236. The maximum absolute atomic E-state index is 11.0. The van der Waals surface area contributed by atoms with Crippen molar-refractivity contribution in [3.8, 4) is 0 Å². The van der Waals surface area contributed by atoms with Gasteiger partial charge in [0.25, 0.3) is 0 Å². The van der Waals surface area contributed by atoms with Gasteiger partial charge in [-0.05, 0) is 78.9 Å². The van der Waals surface area contributed by atoms with Crippen molar-refractivity contribution in [3.05, 3.63) is 90.2 Å². The summed E-state index contributed by atoms with van der Waals surface area (Å²) < 4.78 is 1.77. The number of pyridine rings is 2. The molecule has 1 N–H and O–H groups in total. The van der Waals surface area contributed by atoms with Crippen molar-refractivity contribution in [3.63, 3.8) is 0 Å². The summed E-state index contributed by atoms with van der Waals surface area (Å²) in [6, 6.07) is 14.8. The molecular weight excluding hydrogens is 502 g/mol. The number of anilines is 3. The van der Waals surface area contributed by atoms with E-state index in [2.05, 4.69) is 85.9 Å². The van der Waals surface area contributed by atoms with Crippen molar-refractivity contribution in [2.24, 2.45) is 0 Å². The number of carbonyl (C=O) groups is 1. The largest absolute Gasteiger partial charge is 0.351 e. The van der Waals surface area contributed by atoms with Crippen LogP contribution in [0.3, 0.4) is 0 Å². The molecule has 6 rings (SSSR count). The summed E-state index contributed by atoms with van der Waals surface area (Å²) in [6.45, 7) is 11.2. The maximum Gasteiger partial charge on any atom is 0.160 e. The Morgan fingerprint density at radius 1 is 1.10 bits per heavy atom. The number of aryl methyl sites for hydroxylation is 1. The molecule has 0 saturated carbocycles. The van der Waals surface area contributed by atoms with E-state index in [9.17, 15) is 4.79 Å². The second-order valence-corrected chi connectivity index (χ2v) is 10.4. The molecular formula is C30H31N9O. The fraction of sp³-hybridized carbons (Fsp3) is 0.267. The zero-order chi connectivity index (χ0) is 27.6. The van der Waals surface area contributed by atoms with Crippen LogP contribution in [0, 0.1) is 6.92 Å². The van der Waals surface area contributed by atoms with Gasteiger partial charge in [-0.15, -0.1) is 0 Å². The predicted molar refractivity (Wildman–Crippen MR) is 156 cm³/mol. The van der Waals surface area contributed by atoms with Crippen LogP contribution in [0.25, 0.3) is 16.7 Å². The molecule has 5 aromatic rings. The lowest BCUT2D eigenvalue weighted by Crippen LogP contribution is -2.52. The van der Waals surface area contributed by atoms with E-state index in [0.29, 0.717) is 17.9 Å². The summed E-state index contributed by atoms with van der Waals surface area (Å²) in [5, 5.41) is 7.64. The zero-order valence-corrected chi connectivity index (χ0v) is 22.7. The third-order valence-electron chi connectivity index (χ3n) is 7.41. The highest BCUT2D eigenvalue weighted by atomic mass is 16.1. The van der Waals surface area contributed by atoms with E-state index in [-0.39, 0.29) is 6.04 Å². The third kappa shape index (κ3) is 5.26. The average molecular weight is 534 g/mol. The van der Waals surface area contributed by atoms with E-state index in [1.54, 1.807) is 17.2 Å². The highest BCUT2D eigenvalue weighted by molar-refractivity contribution is 5.88. The van der Waals surface area contributed by atoms with Gasteiger partial charge in [-0.25, -0.2) is 24.5 Å². The number of piperazine rings is 1. The number of hydrogen-bond donors (Lipinski definition) is 1. The van der Waals surface area contributed by atoms with Gasteiger partial charge in [0.05, 0.1) is 5.52 Å². The molecule has 1 aromatic carbocycles. The Morgan fingerprint density at radius 3 is 2.83 bits per heavy atom. The van der Waals surface area contributed by atoms with Gasteiger partial charge in [0.1, 0.15) is 30.3 Å². The summed E-state index contributed by atoms with van der Waals surface area (Å²) in [7, 11) is 0.